The summed E-state index contributed by atoms with van der Waals surface area (Å²) in [5.74, 6) is 0.0479. The molecule has 192 valence electrons. The van der Waals surface area contributed by atoms with Gasteiger partial charge in [0.1, 0.15) is 0 Å². The number of hydrogen-bond donors (Lipinski definition) is 2. The van der Waals surface area contributed by atoms with Crippen LogP contribution in [0.2, 0.25) is 0 Å². The zero-order valence-corrected chi connectivity index (χ0v) is 21.6. The number of benzene rings is 3. The van der Waals surface area contributed by atoms with Crippen LogP contribution in [-0.2, 0) is 20.0 Å². The van der Waals surface area contributed by atoms with Crippen LogP contribution in [0, 0.1) is 11.8 Å². The minimum Gasteiger partial charge on any atom is -0.481 e. The molecule has 0 aliphatic heterocycles. The molecule has 0 aromatic heterocycles. The zero-order valence-electron chi connectivity index (χ0n) is 20.8. The Kier molecular flexibility index (Phi) is 6.67. The van der Waals surface area contributed by atoms with Crippen LogP contribution in [0.1, 0.15) is 53.6 Å². The number of carboxylic acid groups (broad SMARTS) is 1. The summed E-state index contributed by atoms with van der Waals surface area (Å²) in [5, 5.41) is 11.5. The third-order valence-electron chi connectivity index (χ3n) is 8.15. The van der Waals surface area contributed by atoms with E-state index in [9.17, 15) is 18.0 Å². The number of carbonyl (C=O) groups is 2. The van der Waals surface area contributed by atoms with Crippen LogP contribution in [0.15, 0.2) is 77.7 Å². The molecule has 0 spiro atoms. The topological polar surface area (TPSA) is 101 Å². The van der Waals surface area contributed by atoms with Gasteiger partial charge in [-0.05, 0) is 77.6 Å². The van der Waals surface area contributed by atoms with Gasteiger partial charge in [0, 0.05) is 23.8 Å². The molecule has 2 saturated carbocycles. The molecule has 2 aliphatic carbocycles. The van der Waals surface area contributed by atoms with Crippen molar-refractivity contribution >= 4 is 21.7 Å². The molecule has 2 N–H and O–H groups in total. The summed E-state index contributed by atoms with van der Waals surface area (Å²) in [6, 6.07) is 23.4. The number of nitrogens with one attached hydrogen (secondary N) is 1. The number of carbonyl (C=O) groups excluding carboxylic acids is 1. The van der Waals surface area contributed by atoms with E-state index in [-0.39, 0.29) is 24.3 Å². The molecular weight excluding hydrogens is 486 g/mol. The molecule has 5 rings (SSSR count). The largest absolute Gasteiger partial charge is 0.481 e. The number of fused-ring (bicyclic) bond motifs is 2. The molecule has 6 nitrogen and oxygen atoms in total. The summed E-state index contributed by atoms with van der Waals surface area (Å²) in [5.41, 5.74) is 4.93. The van der Waals surface area contributed by atoms with Gasteiger partial charge >= 0.3 is 5.97 Å². The van der Waals surface area contributed by atoms with E-state index in [2.05, 4.69) is 41.7 Å². The molecule has 0 heterocycles. The first-order chi connectivity index (χ1) is 17.7. The molecular formula is C30H31NO5S. The molecule has 0 saturated heterocycles. The summed E-state index contributed by atoms with van der Waals surface area (Å²) in [7, 11) is -3.23. The smallest absolute Gasteiger partial charge is 0.305 e. The highest BCUT2D eigenvalue weighted by Gasteiger charge is 2.52. The summed E-state index contributed by atoms with van der Waals surface area (Å²) in [4.78, 5) is 23.5. The van der Waals surface area contributed by atoms with Gasteiger partial charge in [0.05, 0.1) is 11.3 Å². The fourth-order valence-electron chi connectivity index (χ4n) is 6.36. The first kappa shape index (κ1) is 25.2. The van der Waals surface area contributed by atoms with Crippen LogP contribution in [-0.4, -0.2) is 38.2 Å². The van der Waals surface area contributed by atoms with Gasteiger partial charge < -0.3 is 10.4 Å². The molecule has 3 aromatic carbocycles. The van der Waals surface area contributed by atoms with Crippen LogP contribution < -0.4 is 5.32 Å². The maximum absolute atomic E-state index is 12.4. The van der Waals surface area contributed by atoms with Crippen LogP contribution in [0.5, 0.6) is 0 Å². The normalized spacial score (nSPS) is 22.6. The quantitative estimate of drug-likeness (QED) is 0.435. The summed E-state index contributed by atoms with van der Waals surface area (Å²) >= 11 is 0. The lowest BCUT2D eigenvalue weighted by Crippen LogP contribution is -2.34. The van der Waals surface area contributed by atoms with Crippen molar-refractivity contribution < 1.29 is 23.1 Å². The highest BCUT2D eigenvalue weighted by molar-refractivity contribution is 7.90. The van der Waals surface area contributed by atoms with E-state index in [0.29, 0.717) is 22.3 Å². The number of hydrogen-bond acceptors (Lipinski definition) is 4. The lowest BCUT2D eigenvalue weighted by molar-refractivity contribution is -0.136. The van der Waals surface area contributed by atoms with E-state index in [1.165, 1.54) is 36.6 Å². The first-order valence-corrected chi connectivity index (χ1v) is 14.6. The Hall–Kier alpha value is -3.45. The Labute approximate surface area is 217 Å². The molecule has 3 unspecified atom stereocenters. The third-order valence-corrected chi connectivity index (χ3v) is 9.28. The number of aliphatic carboxylic acids is 1. The van der Waals surface area contributed by atoms with Gasteiger partial charge in [-0.3, -0.25) is 9.59 Å². The number of amides is 1. The molecule has 0 radical (unpaired) electrons. The van der Waals surface area contributed by atoms with Crippen molar-refractivity contribution in [3.05, 3.63) is 89.5 Å². The van der Waals surface area contributed by atoms with Crippen molar-refractivity contribution in [3.8, 4) is 11.1 Å². The van der Waals surface area contributed by atoms with E-state index in [0.717, 1.165) is 17.5 Å². The Balaban J connectivity index is 1.42. The van der Waals surface area contributed by atoms with E-state index in [1.54, 1.807) is 12.1 Å². The van der Waals surface area contributed by atoms with Crippen molar-refractivity contribution in [2.45, 2.75) is 42.4 Å². The van der Waals surface area contributed by atoms with Crippen LogP contribution >= 0.6 is 0 Å². The SMILES string of the molecule is CS(=O)(=O)c1ccc(-c2ccc(C3(c4ccc(C(=O)NCCC(=O)O)cc4)CC4CCC3C4)cc2)cc1. The summed E-state index contributed by atoms with van der Waals surface area (Å²) < 4.78 is 23.6. The van der Waals surface area contributed by atoms with Crippen molar-refractivity contribution in [3.63, 3.8) is 0 Å². The predicted molar refractivity (Wildman–Crippen MR) is 142 cm³/mol. The molecule has 1 amide bonds. The lowest BCUT2D eigenvalue weighted by Gasteiger charge is -2.39. The van der Waals surface area contributed by atoms with Gasteiger partial charge in [-0.15, -0.1) is 0 Å². The van der Waals surface area contributed by atoms with E-state index >= 15 is 0 Å². The fourth-order valence-corrected chi connectivity index (χ4v) is 6.99. The Bertz CT molecular complexity index is 1410. The van der Waals surface area contributed by atoms with E-state index in [4.69, 9.17) is 5.11 Å². The lowest BCUT2D eigenvalue weighted by atomic mass is 9.64. The molecule has 37 heavy (non-hydrogen) atoms. The summed E-state index contributed by atoms with van der Waals surface area (Å²) in [6.07, 6.45) is 5.87. The van der Waals surface area contributed by atoms with Crippen molar-refractivity contribution in [2.75, 3.05) is 12.8 Å². The second-order valence-electron chi connectivity index (χ2n) is 10.4. The van der Waals surface area contributed by atoms with E-state index < -0.39 is 15.8 Å². The predicted octanol–water partition coefficient (Wildman–Crippen LogP) is 5.07. The van der Waals surface area contributed by atoms with Crippen LogP contribution in [0.25, 0.3) is 11.1 Å². The monoisotopic (exact) mass is 517 g/mol. The molecule has 3 atom stereocenters. The molecule has 2 aliphatic rings. The van der Waals surface area contributed by atoms with Crippen molar-refractivity contribution in [2.24, 2.45) is 11.8 Å². The maximum atomic E-state index is 12.4. The summed E-state index contributed by atoms with van der Waals surface area (Å²) in [6.45, 7) is 0.104. The number of sulfone groups is 1. The van der Waals surface area contributed by atoms with Gasteiger partial charge in [0.2, 0.25) is 0 Å². The Morgan fingerprint density at radius 1 is 0.892 bits per heavy atom. The Morgan fingerprint density at radius 3 is 1.95 bits per heavy atom. The van der Waals surface area contributed by atoms with Gasteiger partial charge in [-0.2, -0.15) is 0 Å². The maximum Gasteiger partial charge on any atom is 0.305 e. The van der Waals surface area contributed by atoms with Crippen molar-refractivity contribution in [1.29, 1.82) is 0 Å². The van der Waals surface area contributed by atoms with Gasteiger partial charge in [-0.1, -0.05) is 55.0 Å². The third kappa shape index (κ3) is 4.92. The Morgan fingerprint density at radius 2 is 1.46 bits per heavy atom. The highest BCUT2D eigenvalue weighted by atomic mass is 32.2. The molecule has 7 heteroatoms. The minimum absolute atomic E-state index is 0.0973. The zero-order chi connectivity index (χ0) is 26.2. The van der Waals surface area contributed by atoms with Crippen LogP contribution in [0.4, 0.5) is 0 Å². The van der Waals surface area contributed by atoms with Crippen molar-refractivity contribution in [1.82, 2.24) is 5.32 Å². The average molecular weight is 518 g/mol. The standard InChI is InChI=1S/C30H31NO5S/c1-37(35,36)27-14-7-22(8-15-27)21-3-10-24(11-4-21)30(19-20-2-9-26(30)18-20)25-12-5-23(6-13-25)29(34)31-17-16-28(32)33/h3-8,10-15,20,26H,2,9,16-19H2,1H3,(H,31,34)(H,32,33). The average Bonchev–Trinajstić information content (AvgIpc) is 3.51. The second-order valence-corrected chi connectivity index (χ2v) is 12.4. The molecule has 2 bridgehead atoms. The number of rotatable bonds is 8. The van der Waals surface area contributed by atoms with Gasteiger partial charge in [0.25, 0.3) is 5.91 Å². The first-order valence-electron chi connectivity index (χ1n) is 12.7. The highest BCUT2D eigenvalue weighted by Crippen LogP contribution is 2.60. The van der Waals surface area contributed by atoms with Gasteiger partial charge in [-0.25, -0.2) is 8.42 Å². The minimum atomic E-state index is -3.23. The molecule has 2 fully saturated rings. The van der Waals surface area contributed by atoms with E-state index in [1.807, 2.05) is 24.3 Å². The number of carboxylic acids is 1. The van der Waals surface area contributed by atoms with Gasteiger partial charge in [0.15, 0.2) is 9.84 Å². The van der Waals surface area contributed by atoms with Crippen LogP contribution in [0.3, 0.4) is 0 Å². The second kappa shape index (κ2) is 9.78. The fraction of sp³-hybridized carbons (Fsp3) is 0.333. The molecule has 3 aromatic rings.